The van der Waals surface area contributed by atoms with Crippen molar-refractivity contribution in [2.45, 2.75) is 12.8 Å². The van der Waals surface area contributed by atoms with Crippen molar-refractivity contribution in [3.8, 4) is 11.5 Å². The van der Waals surface area contributed by atoms with Crippen LogP contribution in [-0.4, -0.2) is 44.0 Å². The molecule has 0 radical (unpaired) electrons. The summed E-state index contributed by atoms with van der Waals surface area (Å²) >= 11 is 1.37. The molecule has 0 saturated carbocycles. The number of carbonyl (C=O) groups is 2. The van der Waals surface area contributed by atoms with Crippen molar-refractivity contribution in [3.05, 3.63) is 34.8 Å². The first-order chi connectivity index (χ1) is 12.5. The maximum Gasteiger partial charge on any atom is 0.268 e. The number of rotatable bonds is 6. The Morgan fingerprint density at radius 1 is 1.27 bits per heavy atom. The first-order valence-corrected chi connectivity index (χ1v) is 9.18. The molecule has 1 saturated heterocycles. The number of benzene rings is 1. The van der Waals surface area contributed by atoms with Crippen LogP contribution >= 0.6 is 11.3 Å². The number of thiazole rings is 1. The van der Waals surface area contributed by atoms with Crippen LogP contribution in [0.3, 0.4) is 0 Å². The number of aromatic nitrogens is 1. The lowest BCUT2D eigenvalue weighted by atomic mass is 9.90. The number of ether oxygens (including phenoxy) is 2. The van der Waals surface area contributed by atoms with E-state index in [2.05, 4.69) is 4.98 Å². The van der Waals surface area contributed by atoms with Crippen LogP contribution in [0.5, 0.6) is 11.5 Å². The Morgan fingerprint density at radius 3 is 2.69 bits per heavy atom. The van der Waals surface area contributed by atoms with E-state index in [4.69, 9.17) is 15.2 Å². The molecule has 1 aromatic heterocycles. The second kappa shape index (κ2) is 7.74. The number of nitrogens with zero attached hydrogens (tertiary/aromatic N) is 2. The quantitative estimate of drug-likeness (QED) is 0.779. The minimum absolute atomic E-state index is 0.0716. The highest BCUT2D eigenvalue weighted by Crippen LogP contribution is 2.31. The molecule has 7 nitrogen and oxygen atoms in total. The van der Waals surface area contributed by atoms with Crippen LogP contribution < -0.4 is 20.1 Å². The van der Waals surface area contributed by atoms with Crippen molar-refractivity contribution in [1.29, 1.82) is 0 Å². The van der Waals surface area contributed by atoms with Crippen LogP contribution in [0, 0.1) is 5.92 Å². The lowest BCUT2D eigenvalue weighted by molar-refractivity contribution is 0.0906. The van der Waals surface area contributed by atoms with E-state index in [1.54, 1.807) is 37.8 Å². The van der Waals surface area contributed by atoms with Crippen LogP contribution in [0.25, 0.3) is 0 Å². The summed E-state index contributed by atoms with van der Waals surface area (Å²) in [5.74, 6) is 0.528. The van der Waals surface area contributed by atoms with Crippen molar-refractivity contribution < 1.29 is 19.1 Å². The fourth-order valence-electron chi connectivity index (χ4n) is 3.11. The SMILES string of the molecule is COc1ccc(C(=O)[C@H]2CCCN(c3nc(C(N)=O)cs3)C2)cc1OC. The van der Waals surface area contributed by atoms with Gasteiger partial charge in [-0.05, 0) is 31.0 Å². The lowest BCUT2D eigenvalue weighted by Gasteiger charge is -2.31. The third-order valence-electron chi connectivity index (χ3n) is 4.48. The molecule has 1 aromatic carbocycles. The number of hydrogen-bond acceptors (Lipinski definition) is 7. The highest BCUT2D eigenvalue weighted by atomic mass is 32.1. The topological polar surface area (TPSA) is 94.8 Å². The van der Waals surface area contributed by atoms with E-state index < -0.39 is 5.91 Å². The maximum atomic E-state index is 12.9. The molecule has 1 fully saturated rings. The third-order valence-corrected chi connectivity index (χ3v) is 5.38. The molecule has 3 rings (SSSR count). The van der Waals surface area contributed by atoms with Crippen LogP contribution in [0.1, 0.15) is 33.7 Å². The summed E-state index contributed by atoms with van der Waals surface area (Å²) in [5, 5.41) is 2.38. The summed E-state index contributed by atoms with van der Waals surface area (Å²) in [6.45, 7) is 1.38. The Hall–Kier alpha value is -2.61. The van der Waals surface area contributed by atoms with Gasteiger partial charge >= 0.3 is 0 Å². The number of anilines is 1. The molecule has 26 heavy (non-hydrogen) atoms. The van der Waals surface area contributed by atoms with Gasteiger partial charge in [0.05, 0.1) is 14.2 Å². The number of Topliss-reactive ketones (excluding diaryl/α,β-unsaturated/α-hetero) is 1. The first-order valence-electron chi connectivity index (χ1n) is 8.30. The van der Waals surface area contributed by atoms with Crippen molar-refractivity contribution >= 4 is 28.2 Å². The summed E-state index contributed by atoms with van der Waals surface area (Å²) in [7, 11) is 3.11. The van der Waals surface area contributed by atoms with E-state index >= 15 is 0 Å². The minimum Gasteiger partial charge on any atom is -0.493 e. The molecule has 0 bridgehead atoms. The van der Waals surface area contributed by atoms with E-state index in [0.717, 1.165) is 24.5 Å². The maximum absolute atomic E-state index is 12.9. The largest absolute Gasteiger partial charge is 0.493 e. The zero-order chi connectivity index (χ0) is 18.7. The van der Waals surface area contributed by atoms with Gasteiger partial charge in [0.15, 0.2) is 22.4 Å². The van der Waals surface area contributed by atoms with Gasteiger partial charge < -0.3 is 20.1 Å². The summed E-state index contributed by atoms with van der Waals surface area (Å²) in [6.07, 6.45) is 1.70. The number of methoxy groups -OCH3 is 2. The molecule has 1 amide bonds. The molecular weight excluding hydrogens is 354 g/mol. The Labute approximate surface area is 155 Å². The number of nitrogens with two attached hydrogens (primary N) is 1. The number of hydrogen-bond donors (Lipinski definition) is 1. The molecule has 138 valence electrons. The van der Waals surface area contributed by atoms with Crippen molar-refractivity contribution in [2.75, 3.05) is 32.2 Å². The van der Waals surface area contributed by atoms with Crippen LogP contribution in [0.15, 0.2) is 23.6 Å². The van der Waals surface area contributed by atoms with E-state index in [9.17, 15) is 9.59 Å². The highest BCUT2D eigenvalue weighted by Gasteiger charge is 2.28. The fourth-order valence-corrected chi connectivity index (χ4v) is 3.96. The molecule has 1 aliphatic heterocycles. The lowest BCUT2D eigenvalue weighted by Crippen LogP contribution is -2.38. The summed E-state index contributed by atoms with van der Waals surface area (Å²) in [6, 6.07) is 5.22. The smallest absolute Gasteiger partial charge is 0.268 e. The molecule has 1 aliphatic rings. The Balaban J connectivity index is 1.76. The van der Waals surface area contributed by atoms with Gasteiger partial charge in [0, 0.05) is 30.0 Å². The molecule has 0 aliphatic carbocycles. The fraction of sp³-hybridized carbons (Fsp3) is 0.389. The van der Waals surface area contributed by atoms with E-state index in [0.29, 0.717) is 23.6 Å². The third kappa shape index (κ3) is 3.65. The molecule has 8 heteroatoms. The van der Waals surface area contributed by atoms with Gasteiger partial charge in [-0.2, -0.15) is 0 Å². The number of primary amides is 1. The number of amides is 1. The normalized spacial score (nSPS) is 17.0. The Morgan fingerprint density at radius 2 is 2.04 bits per heavy atom. The van der Waals surface area contributed by atoms with Crippen LogP contribution in [0.4, 0.5) is 5.13 Å². The van der Waals surface area contributed by atoms with Gasteiger partial charge in [0.1, 0.15) is 5.69 Å². The van der Waals surface area contributed by atoms with E-state index in [1.165, 1.54) is 11.3 Å². The molecule has 1 atom stereocenters. The van der Waals surface area contributed by atoms with Gasteiger partial charge in [-0.15, -0.1) is 11.3 Å². The first kappa shape index (κ1) is 18.2. The summed E-state index contributed by atoms with van der Waals surface area (Å²) in [4.78, 5) is 30.5. The van der Waals surface area contributed by atoms with Crippen molar-refractivity contribution in [2.24, 2.45) is 11.7 Å². The second-order valence-electron chi connectivity index (χ2n) is 6.10. The van der Waals surface area contributed by atoms with Gasteiger partial charge in [0.25, 0.3) is 5.91 Å². The van der Waals surface area contributed by atoms with Crippen molar-refractivity contribution in [3.63, 3.8) is 0 Å². The molecule has 2 heterocycles. The molecular formula is C18H21N3O4S. The highest BCUT2D eigenvalue weighted by molar-refractivity contribution is 7.13. The van der Waals surface area contributed by atoms with Gasteiger partial charge in [-0.3, -0.25) is 9.59 Å². The summed E-state index contributed by atoms with van der Waals surface area (Å²) in [5.41, 5.74) is 6.14. The van der Waals surface area contributed by atoms with Crippen LogP contribution in [0.2, 0.25) is 0 Å². The van der Waals surface area contributed by atoms with Gasteiger partial charge in [0.2, 0.25) is 0 Å². The predicted molar refractivity (Wildman–Crippen MR) is 99.4 cm³/mol. The minimum atomic E-state index is -0.539. The number of piperidine rings is 1. The molecule has 2 aromatic rings. The molecule has 2 N–H and O–H groups in total. The Bertz CT molecular complexity index is 821. The van der Waals surface area contributed by atoms with Gasteiger partial charge in [-0.1, -0.05) is 0 Å². The molecule has 0 unspecified atom stereocenters. The van der Waals surface area contributed by atoms with Gasteiger partial charge in [-0.25, -0.2) is 4.98 Å². The monoisotopic (exact) mass is 375 g/mol. The molecule has 0 spiro atoms. The Kier molecular flexibility index (Phi) is 5.41. The second-order valence-corrected chi connectivity index (χ2v) is 6.94. The number of ketones is 1. The summed E-state index contributed by atoms with van der Waals surface area (Å²) < 4.78 is 10.5. The van der Waals surface area contributed by atoms with Crippen molar-refractivity contribution in [1.82, 2.24) is 4.98 Å². The zero-order valence-electron chi connectivity index (χ0n) is 14.7. The average molecular weight is 375 g/mol. The standard InChI is InChI=1S/C18H21N3O4S/c1-24-14-6-5-11(8-15(14)25-2)16(22)12-4-3-7-21(9-12)18-20-13(10-26-18)17(19)23/h5-6,8,10,12H,3-4,7,9H2,1-2H3,(H2,19,23)/t12-/m0/s1. The zero-order valence-corrected chi connectivity index (χ0v) is 15.5. The van der Waals surface area contributed by atoms with E-state index in [1.807, 2.05) is 4.90 Å². The van der Waals surface area contributed by atoms with Crippen LogP contribution in [-0.2, 0) is 0 Å². The average Bonchev–Trinajstić information content (AvgIpc) is 3.17. The predicted octanol–water partition coefficient (Wildman–Crippen LogP) is 2.36. The van der Waals surface area contributed by atoms with E-state index in [-0.39, 0.29) is 17.4 Å². The number of carbonyl (C=O) groups excluding carboxylic acids is 2.